The van der Waals surface area contributed by atoms with Gasteiger partial charge in [0.1, 0.15) is 0 Å². The van der Waals surface area contributed by atoms with Crippen molar-refractivity contribution in [2.24, 2.45) is 10.8 Å². The third-order valence-electron chi connectivity index (χ3n) is 2.52. The Kier molecular flexibility index (Phi) is 0.852. The molecule has 0 aromatic heterocycles. The van der Waals surface area contributed by atoms with Gasteiger partial charge in [-0.3, -0.25) is 0 Å². The van der Waals surface area contributed by atoms with Crippen LogP contribution in [-0.2, 0) is 4.74 Å². The minimum absolute atomic E-state index is 0.629. The minimum Gasteiger partial charge on any atom is -0.380 e. The highest BCUT2D eigenvalue weighted by Gasteiger charge is 2.53. The fourth-order valence-electron chi connectivity index (χ4n) is 2.57. The van der Waals surface area contributed by atoms with Crippen LogP contribution in [0.2, 0.25) is 0 Å². The molecule has 52 valence electrons. The van der Waals surface area contributed by atoms with E-state index >= 15 is 0 Å². The van der Waals surface area contributed by atoms with Gasteiger partial charge in [-0.25, -0.2) is 0 Å². The van der Waals surface area contributed by atoms with Crippen molar-refractivity contribution in [2.75, 3.05) is 13.2 Å². The van der Waals surface area contributed by atoms with Gasteiger partial charge in [-0.05, 0) is 18.3 Å². The van der Waals surface area contributed by atoms with Crippen LogP contribution >= 0.6 is 0 Å². The Labute approximate surface area is 56.4 Å². The van der Waals surface area contributed by atoms with Gasteiger partial charge in [-0.2, -0.15) is 0 Å². The van der Waals surface area contributed by atoms with Gasteiger partial charge in [-0.15, -0.1) is 0 Å². The molecule has 1 spiro atoms. The summed E-state index contributed by atoms with van der Waals surface area (Å²) in [6, 6.07) is 0. The summed E-state index contributed by atoms with van der Waals surface area (Å²) in [5.41, 5.74) is 1.28. The first-order chi connectivity index (χ1) is 4.12. The smallest absolute Gasteiger partial charge is 0.0545 e. The molecule has 0 radical (unpaired) electrons. The fraction of sp³-hybridized carbons (Fsp3) is 1.00. The largest absolute Gasteiger partial charge is 0.380 e. The maximum Gasteiger partial charge on any atom is 0.0545 e. The van der Waals surface area contributed by atoms with Gasteiger partial charge >= 0.3 is 0 Å². The van der Waals surface area contributed by atoms with Crippen molar-refractivity contribution in [2.45, 2.75) is 26.7 Å². The highest BCUT2D eigenvalue weighted by Crippen LogP contribution is 2.57. The van der Waals surface area contributed by atoms with Crippen molar-refractivity contribution < 1.29 is 4.74 Å². The molecule has 0 bridgehead atoms. The monoisotopic (exact) mass is 126 g/mol. The molecule has 2 aliphatic rings. The summed E-state index contributed by atoms with van der Waals surface area (Å²) in [6.45, 7) is 6.76. The quantitative estimate of drug-likeness (QED) is 0.481. The summed E-state index contributed by atoms with van der Waals surface area (Å²) in [7, 11) is 0. The van der Waals surface area contributed by atoms with Gasteiger partial charge in [0.25, 0.3) is 0 Å². The average Bonchev–Trinajstić information content (AvgIpc) is 1.54. The Morgan fingerprint density at radius 3 is 1.78 bits per heavy atom. The third kappa shape index (κ3) is 0.710. The van der Waals surface area contributed by atoms with Crippen LogP contribution in [0.15, 0.2) is 0 Å². The van der Waals surface area contributed by atoms with Crippen LogP contribution in [0.4, 0.5) is 0 Å². The molecule has 0 N–H and O–H groups in total. The van der Waals surface area contributed by atoms with E-state index in [4.69, 9.17) is 4.74 Å². The van der Waals surface area contributed by atoms with E-state index in [2.05, 4.69) is 13.8 Å². The molecule has 1 saturated heterocycles. The first-order valence-corrected chi connectivity index (χ1v) is 3.70. The lowest BCUT2D eigenvalue weighted by atomic mass is 9.53. The zero-order chi connectivity index (χ0) is 6.54. The van der Waals surface area contributed by atoms with Crippen molar-refractivity contribution in [3.63, 3.8) is 0 Å². The number of hydrogen-bond donors (Lipinski definition) is 0. The van der Waals surface area contributed by atoms with Gasteiger partial charge in [0.15, 0.2) is 0 Å². The molecular formula is C8H14O. The average molecular weight is 126 g/mol. The van der Waals surface area contributed by atoms with E-state index in [1.807, 2.05) is 0 Å². The molecule has 0 atom stereocenters. The van der Waals surface area contributed by atoms with E-state index < -0.39 is 0 Å². The van der Waals surface area contributed by atoms with Crippen LogP contribution in [0.3, 0.4) is 0 Å². The molecule has 0 aromatic carbocycles. The van der Waals surface area contributed by atoms with Crippen LogP contribution < -0.4 is 0 Å². The second kappa shape index (κ2) is 1.34. The summed E-state index contributed by atoms with van der Waals surface area (Å²) >= 11 is 0. The van der Waals surface area contributed by atoms with Crippen LogP contribution in [0, 0.1) is 10.8 Å². The second-order valence-electron chi connectivity index (χ2n) is 4.51. The molecule has 1 heteroatoms. The SMILES string of the molecule is CC1(C)CC2(COC2)C1. The van der Waals surface area contributed by atoms with Crippen molar-refractivity contribution in [3.8, 4) is 0 Å². The lowest BCUT2D eigenvalue weighted by Gasteiger charge is -2.58. The Morgan fingerprint density at radius 1 is 1.11 bits per heavy atom. The molecule has 2 fully saturated rings. The second-order valence-corrected chi connectivity index (χ2v) is 4.51. The van der Waals surface area contributed by atoms with E-state index in [9.17, 15) is 0 Å². The lowest BCUT2D eigenvalue weighted by molar-refractivity contribution is -0.202. The predicted molar refractivity (Wildman–Crippen MR) is 36.3 cm³/mol. The standard InChI is InChI=1S/C8H14O/c1-7(2)3-8(4-7)5-9-6-8/h3-6H2,1-2H3. The zero-order valence-electron chi connectivity index (χ0n) is 6.24. The summed E-state index contributed by atoms with van der Waals surface area (Å²) in [4.78, 5) is 0. The molecule has 1 nitrogen and oxygen atoms in total. The normalized spacial score (nSPS) is 35.3. The number of hydrogen-bond acceptors (Lipinski definition) is 1. The lowest BCUT2D eigenvalue weighted by Crippen LogP contribution is -2.55. The Hall–Kier alpha value is -0.0400. The highest BCUT2D eigenvalue weighted by molar-refractivity contribution is 5.02. The van der Waals surface area contributed by atoms with Crippen molar-refractivity contribution in [1.29, 1.82) is 0 Å². The first-order valence-electron chi connectivity index (χ1n) is 3.70. The maximum atomic E-state index is 5.17. The van der Waals surface area contributed by atoms with Gasteiger partial charge in [0.05, 0.1) is 13.2 Å². The Morgan fingerprint density at radius 2 is 1.67 bits per heavy atom. The molecule has 2 rings (SSSR count). The molecule has 9 heavy (non-hydrogen) atoms. The fourth-order valence-corrected chi connectivity index (χ4v) is 2.57. The molecular weight excluding hydrogens is 112 g/mol. The summed E-state index contributed by atoms with van der Waals surface area (Å²) < 4.78 is 5.17. The molecule has 1 saturated carbocycles. The van der Waals surface area contributed by atoms with Gasteiger partial charge < -0.3 is 4.74 Å². The van der Waals surface area contributed by atoms with Crippen molar-refractivity contribution in [1.82, 2.24) is 0 Å². The molecule has 1 heterocycles. The highest BCUT2D eigenvalue weighted by atomic mass is 16.5. The van der Waals surface area contributed by atoms with Gasteiger partial charge in [0.2, 0.25) is 0 Å². The molecule has 0 unspecified atom stereocenters. The van der Waals surface area contributed by atoms with Gasteiger partial charge in [-0.1, -0.05) is 13.8 Å². The summed E-state index contributed by atoms with van der Waals surface area (Å²) in [6.07, 6.45) is 2.78. The van der Waals surface area contributed by atoms with E-state index in [-0.39, 0.29) is 0 Å². The van der Waals surface area contributed by atoms with Crippen LogP contribution in [-0.4, -0.2) is 13.2 Å². The Balaban J connectivity index is 1.96. The van der Waals surface area contributed by atoms with E-state index in [0.29, 0.717) is 10.8 Å². The van der Waals surface area contributed by atoms with Crippen molar-refractivity contribution in [3.05, 3.63) is 0 Å². The van der Waals surface area contributed by atoms with E-state index in [1.54, 1.807) is 0 Å². The van der Waals surface area contributed by atoms with E-state index in [1.165, 1.54) is 12.8 Å². The predicted octanol–water partition coefficient (Wildman–Crippen LogP) is 1.82. The maximum absolute atomic E-state index is 5.17. The van der Waals surface area contributed by atoms with Gasteiger partial charge in [0, 0.05) is 5.41 Å². The minimum atomic E-state index is 0.629. The molecule has 0 aromatic rings. The van der Waals surface area contributed by atoms with E-state index in [0.717, 1.165) is 13.2 Å². The topological polar surface area (TPSA) is 9.23 Å². The third-order valence-corrected chi connectivity index (χ3v) is 2.52. The Bertz CT molecular complexity index is 124. The molecule has 1 aliphatic heterocycles. The molecule has 1 aliphatic carbocycles. The zero-order valence-corrected chi connectivity index (χ0v) is 6.24. The van der Waals surface area contributed by atoms with Crippen LogP contribution in [0.5, 0.6) is 0 Å². The molecule has 0 amide bonds. The van der Waals surface area contributed by atoms with Crippen molar-refractivity contribution >= 4 is 0 Å². The summed E-state index contributed by atoms with van der Waals surface area (Å²) in [5, 5.41) is 0. The van der Waals surface area contributed by atoms with Crippen LogP contribution in [0.1, 0.15) is 26.7 Å². The number of ether oxygens (including phenoxy) is 1. The first kappa shape index (κ1) is 5.72. The number of rotatable bonds is 0. The van der Waals surface area contributed by atoms with Crippen LogP contribution in [0.25, 0.3) is 0 Å². The summed E-state index contributed by atoms with van der Waals surface area (Å²) in [5.74, 6) is 0.